The second-order valence-corrected chi connectivity index (χ2v) is 8.37. The Balaban J connectivity index is 1.73. The maximum Gasteiger partial charge on any atom is 0.241 e. The molecule has 1 saturated carbocycles. The Hall–Kier alpha value is -1.89. The fraction of sp³-hybridized carbons (Fsp3) is 0.400. The lowest BCUT2D eigenvalue weighted by Crippen LogP contribution is -2.30. The summed E-state index contributed by atoms with van der Waals surface area (Å²) >= 11 is 0. The number of hydrogen-bond acceptors (Lipinski definition) is 4. The smallest absolute Gasteiger partial charge is 0.241 e. The number of rotatable bonds is 9. The topological polar surface area (TPSA) is 64.6 Å². The molecule has 0 aliphatic heterocycles. The molecule has 0 radical (unpaired) electrons. The van der Waals surface area contributed by atoms with Crippen LogP contribution in [0.3, 0.4) is 0 Å². The van der Waals surface area contributed by atoms with Gasteiger partial charge >= 0.3 is 0 Å². The van der Waals surface area contributed by atoms with Gasteiger partial charge in [0.1, 0.15) is 12.4 Å². The van der Waals surface area contributed by atoms with Crippen molar-refractivity contribution in [1.82, 2.24) is 4.72 Å². The fourth-order valence-corrected chi connectivity index (χ4v) is 4.13. The summed E-state index contributed by atoms with van der Waals surface area (Å²) in [5.74, 6) is 0.988. The van der Waals surface area contributed by atoms with Crippen LogP contribution >= 0.6 is 0 Å². The average Bonchev–Trinajstić information content (AvgIpc) is 3.46. The lowest BCUT2D eigenvalue weighted by atomic mass is 10.0. The second-order valence-electron chi connectivity index (χ2n) is 6.66. The van der Waals surface area contributed by atoms with Gasteiger partial charge < -0.3 is 9.47 Å². The molecule has 1 atom stereocenters. The molecule has 0 spiro atoms. The summed E-state index contributed by atoms with van der Waals surface area (Å²) in [6, 6.07) is 14.4. The van der Waals surface area contributed by atoms with Crippen LogP contribution < -0.4 is 9.46 Å². The van der Waals surface area contributed by atoms with Crippen LogP contribution in [0.4, 0.5) is 0 Å². The first kappa shape index (κ1) is 18.9. The van der Waals surface area contributed by atoms with Crippen LogP contribution in [0.25, 0.3) is 0 Å². The van der Waals surface area contributed by atoms with E-state index in [1.165, 1.54) is 0 Å². The third-order valence-corrected chi connectivity index (χ3v) is 5.96. The predicted octanol–water partition coefficient (Wildman–Crippen LogP) is 3.45. The molecule has 1 aliphatic rings. The minimum atomic E-state index is -3.59. The molecule has 0 bridgehead atoms. The number of hydrogen-bond donors (Lipinski definition) is 1. The Labute approximate surface area is 155 Å². The Morgan fingerprint density at radius 2 is 1.69 bits per heavy atom. The Morgan fingerprint density at radius 3 is 2.27 bits per heavy atom. The summed E-state index contributed by atoms with van der Waals surface area (Å²) < 4.78 is 38.9. The van der Waals surface area contributed by atoms with Crippen LogP contribution in [-0.4, -0.2) is 28.7 Å². The van der Waals surface area contributed by atoms with E-state index in [9.17, 15) is 8.42 Å². The van der Waals surface area contributed by atoms with Crippen molar-refractivity contribution < 1.29 is 17.9 Å². The molecule has 2 aromatic carbocycles. The van der Waals surface area contributed by atoms with Crippen LogP contribution in [0.5, 0.6) is 5.75 Å². The largest absolute Gasteiger partial charge is 0.491 e. The van der Waals surface area contributed by atoms with E-state index in [0.717, 1.165) is 24.0 Å². The van der Waals surface area contributed by atoms with Gasteiger partial charge in [-0.25, -0.2) is 13.1 Å². The predicted molar refractivity (Wildman–Crippen MR) is 101 cm³/mol. The molecule has 6 heteroatoms. The van der Waals surface area contributed by atoms with E-state index in [-0.39, 0.29) is 10.9 Å². The number of ether oxygens (including phenoxy) is 2. The minimum absolute atomic E-state index is 0.182. The summed E-state index contributed by atoms with van der Waals surface area (Å²) in [6.07, 6.45) is 2.10. The van der Waals surface area contributed by atoms with Gasteiger partial charge in [0.15, 0.2) is 0 Å². The molecule has 3 rings (SSSR count). The zero-order chi connectivity index (χ0) is 18.6. The quantitative estimate of drug-likeness (QED) is 0.682. The van der Waals surface area contributed by atoms with Gasteiger partial charge in [0, 0.05) is 13.2 Å². The van der Waals surface area contributed by atoms with E-state index in [1.54, 1.807) is 31.4 Å². The van der Waals surface area contributed by atoms with Crippen LogP contribution in [0.1, 0.15) is 30.0 Å². The van der Waals surface area contributed by atoms with Crippen molar-refractivity contribution in [3.05, 3.63) is 59.7 Å². The van der Waals surface area contributed by atoms with Gasteiger partial charge in [0.25, 0.3) is 0 Å². The summed E-state index contributed by atoms with van der Waals surface area (Å²) in [4.78, 5) is 0.245. The Bertz CT molecular complexity index is 812. The Kier molecular flexibility index (Phi) is 5.96. The average molecular weight is 375 g/mol. The molecule has 5 nitrogen and oxygen atoms in total. The van der Waals surface area contributed by atoms with Crippen molar-refractivity contribution >= 4 is 10.0 Å². The zero-order valence-corrected chi connectivity index (χ0v) is 16.0. The number of methoxy groups -OCH3 is 1. The van der Waals surface area contributed by atoms with E-state index >= 15 is 0 Å². The minimum Gasteiger partial charge on any atom is -0.491 e. The van der Waals surface area contributed by atoms with Gasteiger partial charge in [-0.1, -0.05) is 29.8 Å². The van der Waals surface area contributed by atoms with E-state index < -0.39 is 10.0 Å². The van der Waals surface area contributed by atoms with Crippen molar-refractivity contribution in [3.63, 3.8) is 0 Å². The summed E-state index contributed by atoms with van der Waals surface area (Å²) in [5.41, 5.74) is 2.18. The Morgan fingerprint density at radius 1 is 1.04 bits per heavy atom. The number of sulfonamides is 1. The van der Waals surface area contributed by atoms with Crippen LogP contribution in [-0.2, 0) is 14.8 Å². The van der Waals surface area contributed by atoms with Gasteiger partial charge in [-0.3, -0.25) is 0 Å². The van der Waals surface area contributed by atoms with E-state index in [4.69, 9.17) is 9.47 Å². The lowest BCUT2D eigenvalue weighted by Gasteiger charge is -2.19. The van der Waals surface area contributed by atoms with Crippen LogP contribution in [0.2, 0.25) is 0 Å². The molecule has 0 amide bonds. The summed E-state index contributed by atoms with van der Waals surface area (Å²) in [5, 5.41) is 0. The first-order valence-electron chi connectivity index (χ1n) is 8.80. The van der Waals surface area contributed by atoms with Crippen molar-refractivity contribution in [3.8, 4) is 5.75 Å². The molecule has 1 fully saturated rings. The number of nitrogens with one attached hydrogen (secondary N) is 1. The zero-order valence-electron chi connectivity index (χ0n) is 15.1. The fourth-order valence-electron chi connectivity index (χ4n) is 2.83. The van der Waals surface area contributed by atoms with Crippen molar-refractivity contribution in [2.75, 3.05) is 20.3 Å². The normalized spacial score (nSPS) is 15.6. The molecular formula is C20H25NO4S. The molecular weight excluding hydrogens is 350 g/mol. The molecule has 26 heavy (non-hydrogen) atoms. The van der Waals surface area contributed by atoms with Crippen molar-refractivity contribution in [2.24, 2.45) is 5.92 Å². The number of aryl methyl sites for hydroxylation is 1. The van der Waals surface area contributed by atoms with Crippen LogP contribution in [0.15, 0.2) is 53.4 Å². The molecule has 1 unspecified atom stereocenters. The highest BCUT2D eigenvalue weighted by atomic mass is 32.2. The maximum absolute atomic E-state index is 12.8. The third-order valence-electron chi connectivity index (χ3n) is 4.50. The van der Waals surface area contributed by atoms with Gasteiger partial charge in [-0.15, -0.1) is 0 Å². The lowest BCUT2D eigenvalue weighted by molar-refractivity contribution is 0.146. The van der Waals surface area contributed by atoms with Crippen molar-refractivity contribution in [2.45, 2.75) is 30.7 Å². The molecule has 1 N–H and O–H groups in total. The molecule has 0 saturated heterocycles. The molecule has 140 valence electrons. The molecule has 0 heterocycles. The van der Waals surface area contributed by atoms with Gasteiger partial charge in [-0.05, 0) is 55.5 Å². The molecule has 0 aromatic heterocycles. The first-order valence-corrected chi connectivity index (χ1v) is 10.3. The van der Waals surface area contributed by atoms with Crippen LogP contribution in [0, 0.1) is 12.8 Å². The standard InChI is InChI=1S/C20H25NO4S/c1-15-3-5-16(6-4-15)20(17-7-8-17)21-26(22,23)19-11-9-18(10-12-19)25-14-13-24-2/h3-6,9-12,17,20-21H,7-8,13-14H2,1-2H3. The SMILES string of the molecule is COCCOc1ccc(S(=O)(=O)NC(c2ccc(C)cc2)C2CC2)cc1. The van der Waals surface area contributed by atoms with E-state index in [1.807, 2.05) is 31.2 Å². The second kappa shape index (κ2) is 8.20. The monoisotopic (exact) mass is 375 g/mol. The molecule has 2 aromatic rings. The summed E-state index contributed by atoms with van der Waals surface area (Å²) in [6.45, 7) is 2.94. The van der Waals surface area contributed by atoms with Crippen molar-refractivity contribution in [1.29, 1.82) is 0 Å². The highest BCUT2D eigenvalue weighted by molar-refractivity contribution is 7.89. The number of benzene rings is 2. The molecule has 1 aliphatic carbocycles. The highest BCUT2D eigenvalue weighted by Gasteiger charge is 2.35. The van der Waals surface area contributed by atoms with E-state index in [2.05, 4.69) is 4.72 Å². The summed E-state index contributed by atoms with van der Waals surface area (Å²) in [7, 11) is -1.99. The first-order chi connectivity index (χ1) is 12.5. The maximum atomic E-state index is 12.8. The highest BCUT2D eigenvalue weighted by Crippen LogP contribution is 2.41. The van der Waals surface area contributed by atoms with Gasteiger partial charge in [-0.2, -0.15) is 0 Å². The van der Waals surface area contributed by atoms with E-state index in [0.29, 0.717) is 24.9 Å². The third kappa shape index (κ3) is 4.84. The van der Waals surface area contributed by atoms with Gasteiger partial charge in [0.2, 0.25) is 10.0 Å². The van der Waals surface area contributed by atoms with Gasteiger partial charge in [0.05, 0.1) is 11.5 Å².